The fraction of sp³-hybridized carbons (Fsp3) is 0.600. The number of ether oxygens (including phenoxy) is 1. The predicted molar refractivity (Wildman–Crippen MR) is 72.6 cm³/mol. The summed E-state index contributed by atoms with van der Waals surface area (Å²) in [6.45, 7) is 4.29. The van der Waals surface area contributed by atoms with Crippen molar-refractivity contribution in [2.24, 2.45) is 0 Å². The van der Waals surface area contributed by atoms with E-state index in [0.29, 0.717) is 12.1 Å². The molecule has 1 aliphatic carbocycles. The summed E-state index contributed by atoms with van der Waals surface area (Å²) in [4.78, 5) is 0. The van der Waals surface area contributed by atoms with Crippen LogP contribution in [-0.4, -0.2) is 19.3 Å². The second-order valence-corrected chi connectivity index (χ2v) is 5.19. The largest absolute Gasteiger partial charge is 0.380 e. The minimum Gasteiger partial charge on any atom is -0.380 e. The number of nitrogens with one attached hydrogen (secondary N) is 1. The number of methoxy groups -OCH3 is 1. The van der Waals surface area contributed by atoms with E-state index in [-0.39, 0.29) is 0 Å². The molecule has 94 valence electrons. The van der Waals surface area contributed by atoms with Crippen LogP contribution in [-0.2, 0) is 4.74 Å². The van der Waals surface area contributed by atoms with Crippen LogP contribution in [0.15, 0.2) is 18.2 Å². The quantitative estimate of drug-likeness (QED) is 0.860. The SMILES string of the molecule is CO[C@H]1CCCC[C@H]1Nc1cc(C)cc(C)c1. The van der Waals surface area contributed by atoms with E-state index >= 15 is 0 Å². The van der Waals surface area contributed by atoms with E-state index in [2.05, 4.69) is 37.4 Å². The lowest BCUT2D eigenvalue weighted by Crippen LogP contribution is -2.37. The molecular formula is C15H23NO. The molecule has 0 bridgehead atoms. The maximum Gasteiger partial charge on any atom is 0.0772 e. The molecule has 17 heavy (non-hydrogen) atoms. The lowest BCUT2D eigenvalue weighted by atomic mass is 9.92. The van der Waals surface area contributed by atoms with Crippen molar-refractivity contribution in [1.82, 2.24) is 0 Å². The molecule has 1 saturated carbocycles. The van der Waals surface area contributed by atoms with Gasteiger partial charge in [-0.05, 0) is 49.9 Å². The molecule has 2 rings (SSSR count). The van der Waals surface area contributed by atoms with Crippen molar-refractivity contribution in [1.29, 1.82) is 0 Å². The third kappa shape index (κ3) is 3.22. The Bertz CT molecular complexity index is 355. The van der Waals surface area contributed by atoms with Crippen LogP contribution in [0, 0.1) is 13.8 Å². The van der Waals surface area contributed by atoms with Crippen LogP contribution in [0.3, 0.4) is 0 Å². The highest BCUT2D eigenvalue weighted by Gasteiger charge is 2.24. The van der Waals surface area contributed by atoms with E-state index in [1.807, 2.05) is 7.11 Å². The minimum atomic E-state index is 0.365. The Morgan fingerprint density at radius 2 is 1.71 bits per heavy atom. The Hall–Kier alpha value is -1.02. The van der Waals surface area contributed by atoms with Gasteiger partial charge in [0, 0.05) is 12.8 Å². The van der Waals surface area contributed by atoms with E-state index in [1.165, 1.54) is 42.5 Å². The van der Waals surface area contributed by atoms with Crippen molar-refractivity contribution >= 4 is 5.69 Å². The molecule has 1 N–H and O–H groups in total. The van der Waals surface area contributed by atoms with Crippen LogP contribution >= 0.6 is 0 Å². The molecule has 1 aromatic rings. The van der Waals surface area contributed by atoms with Gasteiger partial charge < -0.3 is 10.1 Å². The van der Waals surface area contributed by atoms with Crippen LogP contribution in [0.25, 0.3) is 0 Å². The average Bonchev–Trinajstić information content (AvgIpc) is 2.28. The van der Waals surface area contributed by atoms with Crippen molar-refractivity contribution in [3.63, 3.8) is 0 Å². The molecule has 0 radical (unpaired) electrons. The zero-order valence-electron chi connectivity index (χ0n) is 11.1. The molecule has 1 fully saturated rings. The van der Waals surface area contributed by atoms with Crippen LogP contribution in [0.2, 0.25) is 0 Å². The van der Waals surface area contributed by atoms with E-state index in [0.717, 1.165) is 0 Å². The van der Waals surface area contributed by atoms with Gasteiger partial charge in [-0.25, -0.2) is 0 Å². The second kappa shape index (κ2) is 5.54. The Morgan fingerprint density at radius 1 is 1.06 bits per heavy atom. The van der Waals surface area contributed by atoms with Gasteiger partial charge in [-0.2, -0.15) is 0 Å². The van der Waals surface area contributed by atoms with Gasteiger partial charge in [-0.3, -0.25) is 0 Å². The highest BCUT2D eigenvalue weighted by molar-refractivity contribution is 5.49. The van der Waals surface area contributed by atoms with Crippen molar-refractivity contribution in [3.05, 3.63) is 29.3 Å². The van der Waals surface area contributed by atoms with E-state index in [9.17, 15) is 0 Å². The predicted octanol–water partition coefficient (Wildman–Crippen LogP) is 3.67. The first kappa shape index (κ1) is 12.4. The Balaban J connectivity index is 2.08. The highest BCUT2D eigenvalue weighted by atomic mass is 16.5. The number of benzene rings is 1. The maximum atomic E-state index is 5.57. The topological polar surface area (TPSA) is 21.3 Å². The Kier molecular flexibility index (Phi) is 4.06. The summed E-state index contributed by atoms with van der Waals surface area (Å²) in [5.41, 5.74) is 3.87. The summed E-state index contributed by atoms with van der Waals surface area (Å²) in [6, 6.07) is 7.11. The fourth-order valence-electron chi connectivity index (χ4n) is 2.82. The standard InChI is InChI=1S/C15H23NO/c1-11-8-12(2)10-13(9-11)16-14-6-4-5-7-15(14)17-3/h8-10,14-16H,4-7H2,1-3H3/t14-,15+/m1/s1. The van der Waals surface area contributed by atoms with Gasteiger partial charge in [-0.15, -0.1) is 0 Å². The maximum absolute atomic E-state index is 5.57. The summed E-state index contributed by atoms with van der Waals surface area (Å²) < 4.78 is 5.57. The summed E-state index contributed by atoms with van der Waals surface area (Å²) >= 11 is 0. The van der Waals surface area contributed by atoms with Crippen LogP contribution in [0.5, 0.6) is 0 Å². The number of hydrogen-bond donors (Lipinski definition) is 1. The van der Waals surface area contributed by atoms with Crippen LogP contribution < -0.4 is 5.32 Å². The van der Waals surface area contributed by atoms with Crippen molar-refractivity contribution < 1.29 is 4.74 Å². The molecule has 1 aliphatic rings. The number of aryl methyl sites for hydroxylation is 2. The van der Waals surface area contributed by atoms with Crippen molar-refractivity contribution in [2.45, 2.75) is 51.7 Å². The smallest absolute Gasteiger partial charge is 0.0772 e. The molecule has 0 unspecified atom stereocenters. The van der Waals surface area contributed by atoms with Crippen LogP contribution in [0.4, 0.5) is 5.69 Å². The summed E-state index contributed by atoms with van der Waals surface area (Å²) in [5.74, 6) is 0. The van der Waals surface area contributed by atoms with Gasteiger partial charge in [0.2, 0.25) is 0 Å². The normalized spacial score (nSPS) is 24.6. The van der Waals surface area contributed by atoms with Gasteiger partial charge in [0.25, 0.3) is 0 Å². The molecule has 2 nitrogen and oxygen atoms in total. The van der Waals surface area contributed by atoms with Gasteiger partial charge >= 0.3 is 0 Å². The number of hydrogen-bond acceptors (Lipinski definition) is 2. The van der Waals surface area contributed by atoms with Crippen LogP contribution in [0.1, 0.15) is 36.8 Å². The first-order chi connectivity index (χ1) is 8.19. The fourth-order valence-corrected chi connectivity index (χ4v) is 2.82. The first-order valence-corrected chi connectivity index (χ1v) is 6.56. The third-order valence-electron chi connectivity index (χ3n) is 3.58. The van der Waals surface area contributed by atoms with Gasteiger partial charge in [0.1, 0.15) is 0 Å². The van der Waals surface area contributed by atoms with E-state index in [1.54, 1.807) is 0 Å². The summed E-state index contributed by atoms with van der Waals surface area (Å²) in [6.07, 6.45) is 5.36. The second-order valence-electron chi connectivity index (χ2n) is 5.19. The first-order valence-electron chi connectivity index (χ1n) is 6.56. The molecule has 2 atom stereocenters. The third-order valence-corrected chi connectivity index (χ3v) is 3.58. The molecule has 1 aromatic carbocycles. The van der Waals surface area contributed by atoms with Gasteiger partial charge in [0.05, 0.1) is 12.1 Å². The van der Waals surface area contributed by atoms with Gasteiger partial charge in [0.15, 0.2) is 0 Å². The minimum absolute atomic E-state index is 0.365. The van der Waals surface area contributed by atoms with Crippen molar-refractivity contribution in [3.8, 4) is 0 Å². The molecule has 0 spiro atoms. The highest BCUT2D eigenvalue weighted by Crippen LogP contribution is 2.25. The van der Waals surface area contributed by atoms with Crippen molar-refractivity contribution in [2.75, 3.05) is 12.4 Å². The summed E-state index contributed by atoms with van der Waals surface area (Å²) in [5, 5.41) is 3.64. The lowest BCUT2D eigenvalue weighted by Gasteiger charge is -2.32. The molecule has 0 saturated heterocycles. The average molecular weight is 233 g/mol. The monoisotopic (exact) mass is 233 g/mol. The lowest BCUT2D eigenvalue weighted by molar-refractivity contribution is 0.0606. The molecule has 2 heteroatoms. The molecule has 0 aliphatic heterocycles. The van der Waals surface area contributed by atoms with E-state index < -0.39 is 0 Å². The Labute approximate surface area is 104 Å². The van der Waals surface area contributed by atoms with Gasteiger partial charge in [-0.1, -0.05) is 18.9 Å². The van der Waals surface area contributed by atoms with E-state index in [4.69, 9.17) is 4.74 Å². The number of rotatable bonds is 3. The summed E-state index contributed by atoms with van der Waals surface area (Å²) in [7, 11) is 1.83. The zero-order valence-corrected chi connectivity index (χ0v) is 11.1. The molecular weight excluding hydrogens is 210 g/mol. The number of anilines is 1. The zero-order chi connectivity index (χ0) is 12.3. The molecule has 0 heterocycles. The molecule has 0 amide bonds. The Morgan fingerprint density at radius 3 is 2.35 bits per heavy atom. The molecule has 0 aromatic heterocycles.